The Bertz CT molecular complexity index is 536. The van der Waals surface area contributed by atoms with Crippen molar-refractivity contribution in [2.24, 2.45) is 0 Å². The van der Waals surface area contributed by atoms with Gasteiger partial charge in [-0.15, -0.1) is 0 Å². The number of nitrogens with zero attached hydrogens (tertiary/aromatic N) is 1. The Morgan fingerprint density at radius 1 is 0.682 bits per heavy atom. The first-order valence-electron chi connectivity index (χ1n) is 8.41. The van der Waals surface area contributed by atoms with Gasteiger partial charge in [0.25, 0.3) is 0 Å². The molecule has 114 valence electrons. The lowest BCUT2D eigenvalue weighted by atomic mass is 9.95. The van der Waals surface area contributed by atoms with Gasteiger partial charge in [0.2, 0.25) is 0 Å². The molecule has 0 aromatic heterocycles. The zero-order valence-corrected chi connectivity index (χ0v) is 13.2. The molecule has 1 aliphatic carbocycles. The molecule has 0 bridgehead atoms. The van der Waals surface area contributed by atoms with E-state index in [1.54, 1.807) is 5.57 Å². The third-order valence-electron chi connectivity index (χ3n) is 4.32. The maximum Gasteiger partial charge on any atom is 0.0427 e. The zero-order valence-electron chi connectivity index (χ0n) is 13.2. The van der Waals surface area contributed by atoms with Crippen molar-refractivity contribution in [1.82, 2.24) is 4.90 Å². The Kier molecular flexibility index (Phi) is 5.31. The highest BCUT2D eigenvalue weighted by Crippen LogP contribution is 2.24. The highest BCUT2D eigenvalue weighted by atomic mass is 15.1. The molecule has 0 radical (unpaired) electrons. The molecule has 1 saturated carbocycles. The van der Waals surface area contributed by atoms with Gasteiger partial charge in [-0.2, -0.15) is 0 Å². The summed E-state index contributed by atoms with van der Waals surface area (Å²) in [4.78, 5) is 2.48. The van der Waals surface area contributed by atoms with Gasteiger partial charge in [-0.25, -0.2) is 0 Å². The number of rotatable bonds is 5. The molecule has 0 heterocycles. The van der Waals surface area contributed by atoms with Crippen molar-refractivity contribution in [2.75, 3.05) is 0 Å². The summed E-state index contributed by atoms with van der Waals surface area (Å²) < 4.78 is 0. The standard InChI is InChI=1S/C21H25N/c1-4-10-19(11-5-1)16-22(17-20-12-6-2-7-13-20)18-21-14-8-3-9-15-21/h1-2,4-7,10-13,18H,3,8-9,14-17H2. The van der Waals surface area contributed by atoms with E-state index in [9.17, 15) is 0 Å². The second kappa shape index (κ2) is 7.84. The molecule has 3 rings (SSSR count). The van der Waals surface area contributed by atoms with Gasteiger partial charge in [-0.3, -0.25) is 0 Å². The van der Waals surface area contributed by atoms with Crippen LogP contribution in [0.25, 0.3) is 0 Å². The van der Waals surface area contributed by atoms with Crippen LogP contribution in [0.2, 0.25) is 0 Å². The van der Waals surface area contributed by atoms with Crippen LogP contribution in [0.4, 0.5) is 0 Å². The molecule has 1 fully saturated rings. The van der Waals surface area contributed by atoms with E-state index in [2.05, 4.69) is 71.8 Å². The summed E-state index contributed by atoms with van der Waals surface area (Å²) in [6.45, 7) is 1.97. The van der Waals surface area contributed by atoms with Crippen LogP contribution in [0.3, 0.4) is 0 Å². The van der Waals surface area contributed by atoms with Crippen LogP contribution >= 0.6 is 0 Å². The van der Waals surface area contributed by atoms with Gasteiger partial charge in [0, 0.05) is 13.1 Å². The second-order valence-corrected chi connectivity index (χ2v) is 6.22. The van der Waals surface area contributed by atoms with Crippen molar-refractivity contribution in [3.05, 3.63) is 83.6 Å². The predicted octanol–water partition coefficient (Wildman–Crippen LogP) is 5.54. The summed E-state index contributed by atoms with van der Waals surface area (Å²) in [6, 6.07) is 21.6. The van der Waals surface area contributed by atoms with Crippen molar-refractivity contribution in [3.8, 4) is 0 Å². The van der Waals surface area contributed by atoms with Crippen molar-refractivity contribution in [2.45, 2.75) is 45.2 Å². The van der Waals surface area contributed by atoms with E-state index in [1.807, 2.05) is 0 Å². The van der Waals surface area contributed by atoms with E-state index in [0.717, 1.165) is 13.1 Å². The minimum absolute atomic E-state index is 0.985. The maximum atomic E-state index is 2.48. The van der Waals surface area contributed by atoms with E-state index in [4.69, 9.17) is 0 Å². The van der Waals surface area contributed by atoms with Gasteiger partial charge in [0.05, 0.1) is 0 Å². The van der Waals surface area contributed by atoms with E-state index < -0.39 is 0 Å². The fourth-order valence-corrected chi connectivity index (χ4v) is 3.18. The van der Waals surface area contributed by atoms with Crippen molar-refractivity contribution in [1.29, 1.82) is 0 Å². The third-order valence-corrected chi connectivity index (χ3v) is 4.32. The topological polar surface area (TPSA) is 3.24 Å². The van der Waals surface area contributed by atoms with Crippen molar-refractivity contribution >= 4 is 0 Å². The summed E-state index contributed by atoms with van der Waals surface area (Å²) in [7, 11) is 0. The number of benzene rings is 2. The Balaban J connectivity index is 1.75. The molecule has 2 aromatic rings. The Hall–Kier alpha value is -2.02. The third kappa shape index (κ3) is 4.49. The lowest BCUT2D eigenvalue weighted by molar-refractivity contribution is 0.354. The summed E-state index contributed by atoms with van der Waals surface area (Å²) >= 11 is 0. The molecule has 1 aliphatic rings. The molecule has 0 amide bonds. The zero-order chi connectivity index (χ0) is 15.0. The predicted molar refractivity (Wildman–Crippen MR) is 93.3 cm³/mol. The lowest BCUT2D eigenvalue weighted by Gasteiger charge is -2.24. The molecular weight excluding hydrogens is 266 g/mol. The molecule has 0 spiro atoms. The van der Waals surface area contributed by atoms with E-state index in [1.165, 1.54) is 43.2 Å². The molecule has 0 atom stereocenters. The van der Waals surface area contributed by atoms with Gasteiger partial charge >= 0.3 is 0 Å². The highest BCUT2D eigenvalue weighted by Gasteiger charge is 2.09. The molecule has 0 N–H and O–H groups in total. The van der Waals surface area contributed by atoms with Crippen LogP contribution in [0.15, 0.2) is 72.4 Å². The molecule has 1 nitrogen and oxygen atoms in total. The van der Waals surface area contributed by atoms with E-state index in [0.29, 0.717) is 0 Å². The van der Waals surface area contributed by atoms with Gasteiger partial charge in [0.1, 0.15) is 0 Å². The van der Waals surface area contributed by atoms with Crippen LogP contribution < -0.4 is 0 Å². The normalized spacial score (nSPS) is 14.6. The van der Waals surface area contributed by atoms with Crippen molar-refractivity contribution < 1.29 is 0 Å². The average molecular weight is 291 g/mol. The summed E-state index contributed by atoms with van der Waals surface area (Å²) in [5.74, 6) is 0. The molecule has 0 saturated heterocycles. The Morgan fingerprint density at radius 2 is 1.18 bits per heavy atom. The van der Waals surface area contributed by atoms with E-state index in [-0.39, 0.29) is 0 Å². The monoisotopic (exact) mass is 291 g/mol. The average Bonchev–Trinajstić information content (AvgIpc) is 2.57. The minimum atomic E-state index is 0.985. The summed E-state index contributed by atoms with van der Waals surface area (Å²) in [5, 5.41) is 0. The van der Waals surface area contributed by atoms with Gasteiger partial charge < -0.3 is 4.90 Å². The quantitative estimate of drug-likeness (QED) is 0.699. The molecule has 22 heavy (non-hydrogen) atoms. The van der Waals surface area contributed by atoms with Crippen LogP contribution in [0.1, 0.15) is 43.2 Å². The van der Waals surface area contributed by atoms with Crippen LogP contribution in [-0.4, -0.2) is 4.90 Å². The smallest absolute Gasteiger partial charge is 0.0427 e. The molecule has 0 unspecified atom stereocenters. The molecule has 2 aromatic carbocycles. The first-order chi connectivity index (χ1) is 10.9. The van der Waals surface area contributed by atoms with Crippen molar-refractivity contribution in [3.63, 3.8) is 0 Å². The number of hydrogen-bond donors (Lipinski definition) is 0. The second-order valence-electron chi connectivity index (χ2n) is 6.22. The number of allylic oxidation sites excluding steroid dienone is 1. The van der Waals surface area contributed by atoms with Gasteiger partial charge in [-0.1, -0.05) is 72.7 Å². The summed E-state index contributed by atoms with van der Waals surface area (Å²) in [6.07, 6.45) is 9.10. The number of hydrogen-bond acceptors (Lipinski definition) is 1. The fraction of sp³-hybridized carbons (Fsp3) is 0.333. The Labute approximate surface area is 134 Å². The molecule has 0 aliphatic heterocycles. The van der Waals surface area contributed by atoms with E-state index >= 15 is 0 Å². The first-order valence-corrected chi connectivity index (χ1v) is 8.41. The maximum absolute atomic E-state index is 2.48. The van der Waals surface area contributed by atoms with Crippen LogP contribution in [0, 0.1) is 0 Å². The SMILES string of the molecule is C(=C1CCCCC1)N(Cc1ccccc1)Cc1ccccc1. The highest BCUT2D eigenvalue weighted by molar-refractivity contribution is 5.18. The van der Waals surface area contributed by atoms with Gasteiger partial charge in [0.15, 0.2) is 0 Å². The minimum Gasteiger partial charge on any atom is -0.369 e. The molecular formula is C21H25N. The lowest BCUT2D eigenvalue weighted by Crippen LogP contribution is -2.17. The Morgan fingerprint density at radius 3 is 1.68 bits per heavy atom. The van der Waals surface area contributed by atoms with Crippen LogP contribution in [-0.2, 0) is 13.1 Å². The largest absolute Gasteiger partial charge is 0.369 e. The van der Waals surface area contributed by atoms with Crippen LogP contribution in [0.5, 0.6) is 0 Å². The summed E-state index contributed by atoms with van der Waals surface area (Å²) in [5.41, 5.74) is 4.38. The molecule has 1 heteroatoms. The first kappa shape index (κ1) is 14.9. The van der Waals surface area contributed by atoms with Gasteiger partial charge in [-0.05, 0) is 43.0 Å². The fourth-order valence-electron chi connectivity index (χ4n) is 3.18.